The van der Waals surface area contributed by atoms with Crippen LogP contribution in [0.15, 0.2) is 24.3 Å². The van der Waals surface area contributed by atoms with Gasteiger partial charge in [0.05, 0.1) is 26.1 Å². The molecule has 0 saturated carbocycles. The van der Waals surface area contributed by atoms with Gasteiger partial charge in [0, 0.05) is 18.7 Å². The van der Waals surface area contributed by atoms with Crippen molar-refractivity contribution in [2.75, 3.05) is 33.3 Å². The first kappa shape index (κ1) is 20.0. The van der Waals surface area contributed by atoms with Gasteiger partial charge in [-0.1, -0.05) is 12.1 Å². The number of likely N-dealkylation sites (tertiary alicyclic amines) is 1. The molecule has 4 nitrogen and oxygen atoms in total. The Kier molecular flexibility index (Phi) is 8.63. The van der Waals surface area contributed by atoms with Crippen LogP contribution in [0.4, 0.5) is 0 Å². The summed E-state index contributed by atoms with van der Waals surface area (Å²) in [5.74, 6) is 1.44. The van der Waals surface area contributed by atoms with Gasteiger partial charge in [0.1, 0.15) is 12.3 Å². The first-order chi connectivity index (χ1) is 10.7. The van der Waals surface area contributed by atoms with Crippen molar-refractivity contribution in [1.82, 2.24) is 4.90 Å². The van der Waals surface area contributed by atoms with Crippen molar-refractivity contribution in [1.29, 1.82) is 0 Å². The number of carbonyl (C=O) groups is 1. The monoisotopic (exact) mass is 384 g/mol. The number of hydrogen-bond donors (Lipinski definition) is 1. The summed E-state index contributed by atoms with van der Waals surface area (Å²) in [6.45, 7) is 8.83. The summed E-state index contributed by atoms with van der Waals surface area (Å²) in [5.41, 5.74) is 1.28. The van der Waals surface area contributed by atoms with Crippen molar-refractivity contribution >= 4 is 5.91 Å². The molecule has 5 heteroatoms. The molecular formula is C18H29BrN2O2. The zero-order valence-electron chi connectivity index (χ0n) is 14.5. The van der Waals surface area contributed by atoms with Crippen LogP contribution in [0.5, 0.6) is 5.75 Å². The number of hydrogen-bond acceptors (Lipinski definition) is 2. The van der Waals surface area contributed by atoms with E-state index >= 15 is 0 Å². The first-order valence-electron chi connectivity index (χ1n) is 8.43. The summed E-state index contributed by atoms with van der Waals surface area (Å²) in [6.07, 6.45) is 2.17. The quantitative estimate of drug-likeness (QED) is 0.638. The third-order valence-electron chi connectivity index (χ3n) is 4.63. The number of quaternary nitrogens is 1. The molecule has 0 aromatic heterocycles. The topological polar surface area (TPSA) is 34.0 Å². The van der Waals surface area contributed by atoms with E-state index in [2.05, 4.69) is 26.0 Å². The minimum absolute atomic E-state index is 0. The van der Waals surface area contributed by atoms with Gasteiger partial charge >= 0.3 is 0 Å². The molecule has 23 heavy (non-hydrogen) atoms. The maximum Gasteiger partial charge on any atom is 0.231 e. The highest BCUT2D eigenvalue weighted by atomic mass is 79.9. The molecule has 2 rings (SSSR count). The van der Waals surface area contributed by atoms with E-state index < -0.39 is 0 Å². The molecule has 1 aliphatic heterocycles. The van der Waals surface area contributed by atoms with Gasteiger partial charge in [-0.3, -0.25) is 4.79 Å². The van der Waals surface area contributed by atoms with Crippen molar-refractivity contribution in [2.45, 2.75) is 33.2 Å². The normalized spacial score (nSPS) is 20.5. The summed E-state index contributed by atoms with van der Waals surface area (Å²) in [4.78, 5) is 16.0. The van der Waals surface area contributed by atoms with Crippen LogP contribution < -0.4 is 26.6 Å². The average molecular weight is 385 g/mol. The Balaban J connectivity index is 0.00000264. The average Bonchev–Trinajstić information content (AvgIpc) is 2.56. The van der Waals surface area contributed by atoms with Gasteiger partial charge < -0.3 is 31.5 Å². The van der Waals surface area contributed by atoms with Crippen molar-refractivity contribution in [3.63, 3.8) is 0 Å². The van der Waals surface area contributed by atoms with Crippen LogP contribution in [0.2, 0.25) is 0 Å². The Morgan fingerprint density at radius 3 is 2.74 bits per heavy atom. The lowest BCUT2D eigenvalue weighted by molar-refractivity contribution is -0.921. The first-order valence-corrected chi connectivity index (χ1v) is 8.43. The highest BCUT2D eigenvalue weighted by Crippen LogP contribution is 2.14. The molecule has 0 spiro atoms. The number of carbonyl (C=O) groups excluding carboxylic acids is 1. The molecule has 1 fully saturated rings. The van der Waals surface area contributed by atoms with Crippen LogP contribution in [-0.2, 0) is 11.3 Å². The molecule has 2 atom stereocenters. The number of amides is 1. The van der Waals surface area contributed by atoms with E-state index in [0.29, 0.717) is 5.91 Å². The van der Waals surface area contributed by atoms with Gasteiger partial charge in [0.15, 0.2) is 0 Å². The largest absolute Gasteiger partial charge is 1.00 e. The molecule has 130 valence electrons. The van der Waals surface area contributed by atoms with Crippen LogP contribution in [0.3, 0.4) is 0 Å². The predicted octanol–water partition coefficient (Wildman–Crippen LogP) is -1.64. The number of nitrogens with one attached hydrogen (secondary N) is 1. The smallest absolute Gasteiger partial charge is 0.231 e. The Morgan fingerprint density at radius 1 is 1.35 bits per heavy atom. The number of ether oxygens (including phenoxy) is 1. The molecule has 0 radical (unpaired) electrons. The van der Waals surface area contributed by atoms with E-state index in [1.54, 1.807) is 7.11 Å². The lowest BCUT2D eigenvalue weighted by atomic mass is 9.96. The van der Waals surface area contributed by atoms with E-state index in [0.717, 1.165) is 51.3 Å². The van der Waals surface area contributed by atoms with Gasteiger partial charge in [0.25, 0.3) is 0 Å². The van der Waals surface area contributed by atoms with Gasteiger partial charge in [-0.15, -0.1) is 0 Å². The third kappa shape index (κ3) is 5.50. The predicted molar refractivity (Wildman–Crippen MR) is 88.0 cm³/mol. The molecule has 0 aliphatic carbocycles. The summed E-state index contributed by atoms with van der Waals surface area (Å²) < 4.78 is 5.29. The molecule has 2 unspecified atom stereocenters. The third-order valence-corrected chi connectivity index (χ3v) is 4.63. The van der Waals surface area contributed by atoms with E-state index in [4.69, 9.17) is 4.74 Å². The fraction of sp³-hybridized carbons (Fsp3) is 0.611. The number of benzene rings is 1. The standard InChI is InChI=1S/C18H28N2O2.BrH/c1-4-20(5-2)18(21)16-9-7-11-19(14-16)13-15-8-6-10-17(12-15)22-3;/h6,8,10,12,16H,4-5,7,9,11,13-14H2,1-3H3;1H. The Bertz CT molecular complexity index is 492. The van der Waals surface area contributed by atoms with Crippen LogP contribution in [0.1, 0.15) is 32.3 Å². The van der Waals surface area contributed by atoms with E-state index in [9.17, 15) is 4.79 Å². The highest BCUT2D eigenvalue weighted by Gasteiger charge is 2.30. The van der Waals surface area contributed by atoms with E-state index in [1.807, 2.05) is 17.0 Å². The Labute approximate surface area is 150 Å². The number of methoxy groups -OCH3 is 1. The molecule has 1 aliphatic rings. The van der Waals surface area contributed by atoms with Gasteiger partial charge in [-0.25, -0.2) is 0 Å². The molecule has 1 heterocycles. The van der Waals surface area contributed by atoms with Crippen molar-refractivity contribution in [3.05, 3.63) is 29.8 Å². The van der Waals surface area contributed by atoms with Gasteiger partial charge in [0.2, 0.25) is 5.91 Å². The number of nitrogens with zero attached hydrogens (tertiary/aromatic N) is 1. The van der Waals surface area contributed by atoms with Crippen LogP contribution in [-0.4, -0.2) is 44.1 Å². The van der Waals surface area contributed by atoms with Crippen LogP contribution in [0, 0.1) is 5.92 Å². The van der Waals surface area contributed by atoms with Crippen molar-refractivity contribution in [3.8, 4) is 5.75 Å². The summed E-state index contributed by atoms with van der Waals surface area (Å²) in [6, 6.07) is 8.26. The summed E-state index contributed by atoms with van der Waals surface area (Å²) in [5, 5.41) is 0. The number of rotatable bonds is 6. The van der Waals surface area contributed by atoms with Crippen LogP contribution >= 0.6 is 0 Å². The second kappa shape index (κ2) is 9.93. The fourth-order valence-corrected chi connectivity index (χ4v) is 3.39. The van der Waals surface area contributed by atoms with Crippen molar-refractivity contribution in [2.24, 2.45) is 5.92 Å². The lowest BCUT2D eigenvalue weighted by Crippen LogP contribution is -3.12. The second-order valence-corrected chi connectivity index (χ2v) is 6.08. The Morgan fingerprint density at radius 2 is 2.09 bits per heavy atom. The van der Waals surface area contributed by atoms with Gasteiger partial charge in [-0.2, -0.15) is 0 Å². The van der Waals surface area contributed by atoms with Crippen LogP contribution in [0.25, 0.3) is 0 Å². The molecule has 1 aromatic carbocycles. The highest BCUT2D eigenvalue weighted by molar-refractivity contribution is 5.78. The maximum atomic E-state index is 12.6. The lowest BCUT2D eigenvalue weighted by Gasteiger charge is -2.32. The maximum absolute atomic E-state index is 12.6. The summed E-state index contributed by atoms with van der Waals surface area (Å²) in [7, 11) is 1.70. The molecule has 1 aromatic rings. The Hall–Kier alpha value is -1.07. The molecule has 1 N–H and O–H groups in total. The van der Waals surface area contributed by atoms with Gasteiger partial charge in [-0.05, 0) is 38.8 Å². The minimum atomic E-state index is 0. The molecular weight excluding hydrogens is 356 g/mol. The fourth-order valence-electron chi connectivity index (χ4n) is 3.39. The van der Waals surface area contributed by atoms with E-state index in [1.165, 1.54) is 10.5 Å². The van der Waals surface area contributed by atoms with E-state index in [-0.39, 0.29) is 22.9 Å². The SMILES string of the molecule is CCN(CC)C(=O)C1CCC[NH+](Cc2cccc(OC)c2)C1.[Br-]. The molecule has 0 bridgehead atoms. The minimum Gasteiger partial charge on any atom is -1.00 e. The second-order valence-electron chi connectivity index (χ2n) is 6.08. The number of piperidine rings is 1. The molecule has 1 saturated heterocycles. The zero-order chi connectivity index (χ0) is 15.9. The summed E-state index contributed by atoms with van der Waals surface area (Å²) >= 11 is 0. The number of halogens is 1. The van der Waals surface area contributed by atoms with Crippen molar-refractivity contribution < 1.29 is 31.4 Å². The zero-order valence-corrected chi connectivity index (χ0v) is 16.1. The molecule has 1 amide bonds.